The fourth-order valence-electron chi connectivity index (χ4n) is 3.72. The minimum atomic E-state index is 0.0984. The SMILES string of the molecule is CCCCCCCCCCCCCC/C=C/CCC1=NCCN1C(C)N. The summed E-state index contributed by atoms with van der Waals surface area (Å²) in [5.41, 5.74) is 5.98. The lowest BCUT2D eigenvalue weighted by Gasteiger charge is -2.24. The van der Waals surface area contributed by atoms with Gasteiger partial charge in [-0.3, -0.25) is 4.99 Å². The van der Waals surface area contributed by atoms with Gasteiger partial charge in [-0.2, -0.15) is 0 Å². The molecule has 0 aromatic heterocycles. The number of hydrogen-bond donors (Lipinski definition) is 1. The Morgan fingerprint density at radius 2 is 1.42 bits per heavy atom. The van der Waals surface area contributed by atoms with E-state index in [0.29, 0.717) is 0 Å². The monoisotopic (exact) mass is 363 g/mol. The molecule has 0 saturated carbocycles. The van der Waals surface area contributed by atoms with Gasteiger partial charge in [0.05, 0.1) is 12.7 Å². The van der Waals surface area contributed by atoms with Gasteiger partial charge in [-0.1, -0.05) is 89.7 Å². The molecule has 1 atom stereocenters. The second-order valence-electron chi connectivity index (χ2n) is 7.92. The van der Waals surface area contributed by atoms with Crippen LogP contribution in [-0.4, -0.2) is 30.0 Å². The van der Waals surface area contributed by atoms with Crippen LogP contribution in [0.3, 0.4) is 0 Å². The van der Waals surface area contributed by atoms with Gasteiger partial charge in [0, 0.05) is 13.0 Å². The largest absolute Gasteiger partial charge is 0.343 e. The quantitative estimate of drug-likeness (QED) is 0.239. The number of amidine groups is 1. The Kier molecular flexibility index (Phi) is 14.6. The van der Waals surface area contributed by atoms with E-state index in [1.54, 1.807) is 0 Å². The highest BCUT2D eigenvalue weighted by Crippen LogP contribution is 2.13. The predicted octanol–water partition coefficient (Wildman–Crippen LogP) is 6.43. The lowest BCUT2D eigenvalue weighted by Crippen LogP contribution is -2.41. The van der Waals surface area contributed by atoms with Crippen molar-refractivity contribution in [3.8, 4) is 0 Å². The molecule has 1 heterocycles. The van der Waals surface area contributed by atoms with E-state index < -0.39 is 0 Å². The van der Waals surface area contributed by atoms with E-state index in [4.69, 9.17) is 5.73 Å². The van der Waals surface area contributed by atoms with Crippen molar-refractivity contribution in [2.75, 3.05) is 13.1 Å². The molecule has 0 spiro atoms. The first-order chi connectivity index (χ1) is 12.8. The van der Waals surface area contributed by atoms with Gasteiger partial charge in [0.1, 0.15) is 5.84 Å². The maximum Gasteiger partial charge on any atom is 0.101 e. The third kappa shape index (κ3) is 11.7. The van der Waals surface area contributed by atoms with Gasteiger partial charge in [-0.05, 0) is 26.2 Å². The molecule has 0 aromatic carbocycles. The summed E-state index contributed by atoms with van der Waals surface area (Å²) in [6.07, 6.45) is 25.3. The first-order valence-corrected chi connectivity index (χ1v) is 11.5. The van der Waals surface area contributed by atoms with Gasteiger partial charge < -0.3 is 10.6 Å². The van der Waals surface area contributed by atoms with E-state index in [-0.39, 0.29) is 6.17 Å². The third-order valence-corrected chi connectivity index (χ3v) is 5.38. The molecule has 1 aliphatic heterocycles. The van der Waals surface area contributed by atoms with Gasteiger partial charge in [0.25, 0.3) is 0 Å². The molecule has 0 radical (unpaired) electrons. The van der Waals surface area contributed by atoms with Crippen molar-refractivity contribution in [2.45, 2.75) is 116 Å². The van der Waals surface area contributed by atoms with Gasteiger partial charge in [-0.15, -0.1) is 0 Å². The van der Waals surface area contributed by atoms with Crippen molar-refractivity contribution in [3.05, 3.63) is 12.2 Å². The Morgan fingerprint density at radius 1 is 0.885 bits per heavy atom. The highest BCUT2D eigenvalue weighted by molar-refractivity contribution is 5.84. The Balaban J connectivity index is 1.82. The number of nitrogens with zero attached hydrogens (tertiary/aromatic N) is 2. The van der Waals surface area contributed by atoms with Crippen LogP contribution in [0.25, 0.3) is 0 Å². The van der Waals surface area contributed by atoms with Gasteiger partial charge in [0.2, 0.25) is 0 Å². The zero-order valence-corrected chi connectivity index (χ0v) is 17.7. The zero-order chi connectivity index (χ0) is 18.9. The molecular formula is C23H45N3. The van der Waals surface area contributed by atoms with Gasteiger partial charge in [-0.25, -0.2) is 0 Å². The molecule has 152 valence electrons. The third-order valence-electron chi connectivity index (χ3n) is 5.38. The summed E-state index contributed by atoms with van der Waals surface area (Å²) >= 11 is 0. The van der Waals surface area contributed by atoms with Crippen LogP contribution in [0.15, 0.2) is 17.1 Å². The van der Waals surface area contributed by atoms with Gasteiger partial charge >= 0.3 is 0 Å². The highest BCUT2D eigenvalue weighted by Gasteiger charge is 2.18. The fraction of sp³-hybridized carbons (Fsp3) is 0.870. The summed E-state index contributed by atoms with van der Waals surface area (Å²) in [7, 11) is 0. The molecule has 3 heteroatoms. The van der Waals surface area contributed by atoms with Crippen LogP contribution >= 0.6 is 0 Å². The van der Waals surface area contributed by atoms with Crippen LogP contribution in [0.2, 0.25) is 0 Å². The van der Waals surface area contributed by atoms with Crippen molar-refractivity contribution in [2.24, 2.45) is 10.7 Å². The minimum absolute atomic E-state index is 0.0984. The summed E-state index contributed by atoms with van der Waals surface area (Å²) in [5.74, 6) is 1.20. The fourth-order valence-corrected chi connectivity index (χ4v) is 3.72. The van der Waals surface area contributed by atoms with E-state index >= 15 is 0 Å². The lowest BCUT2D eigenvalue weighted by molar-refractivity contribution is 0.360. The zero-order valence-electron chi connectivity index (χ0n) is 17.7. The molecule has 3 nitrogen and oxygen atoms in total. The Labute approximate surface area is 163 Å². The van der Waals surface area contributed by atoms with Crippen LogP contribution in [0.5, 0.6) is 0 Å². The number of hydrogen-bond acceptors (Lipinski definition) is 3. The van der Waals surface area contributed by atoms with E-state index in [1.807, 2.05) is 6.92 Å². The number of unbranched alkanes of at least 4 members (excludes halogenated alkanes) is 12. The number of aliphatic imine (C=N–C) groups is 1. The molecule has 0 saturated heterocycles. The minimum Gasteiger partial charge on any atom is -0.343 e. The summed E-state index contributed by atoms with van der Waals surface area (Å²) < 4.78 is 0. The normalized spacial score (nSPS) is 15.8. The summed E-state index contributed by atoms with van der Waals surface area (Å²) in [6, 6.07) is 0. The van der Waals surface area contributed by atoms with Crippen LogP contribution < -0.4 is 5.73 Å². The summed E-state index contributed by atoms with van der Waals surface area (Å²) in [6.45, 7) is 6.25. The van der Waals surface area contributed by atoms with Gasteiger partial charge in [0.15, 0.2) is 0 Å². The molecule has 1 rings (SSSR count). The molecule has 0 aliphatic carbocycles. The predicted molar refractivity (Wildman–Crippen MR) is 117 cm³/mol. The second-order valence-corrected chi connectivity index (χ2v) is 7.92. The molecule has 1 unspecified atom stereocenters. The van der Waals surface area contributed by atoms with Crippen molar-refractivity contribution in [1.29, 1.82) is 0 Å². The van der Waals surface area contributed by atoms with Crippen LogP contribution in [0.1, 0.15) is 110 Å². The van der Waals surface area contributed by atoms with Crippen molar-refractivity contribution >= 4 is 5.84 Å². The Bertz CT molecular complexity index is 374. The molecular weight excluding hydrogens is 318 g/mol. The summed E-state index contributed by atoms with van der Waals surface area (Å²) in [5, 5.41) is 0. The van der Waals surface area contributed by atoms with E-state index in [0.717, 1.165) is 25.9 Å². The van der Waals surface area contributed by atoms with Crippen molar-refractivity contribution in [1.82, 2.24) is 4.90 Å². The standard InChI is InChI=1S/C23H45N3/c1-3-4-5-6-7-8-9-10-11-12-13-14-15-16-17-18-19-23-25-20-21-26(23)22(2)24/h16-17,22H,3-15,18-21,24H2,1-2H3/b17-16+. The molecule has 0 fully saturated rings. The average molecular weight is 364 g/mol. The molecule has 0 bridgehead atoms. The van der Waals surface area contributed by atoms with Crippen LogP contribution in [-0.2, 0) is 0 Å². The molecule has 0 amide bonds. The maximum absolute atomic E-state index is 5.98. The van der Waals surface area contributed by atoms with Crippen LogP contribution in [0, 0.1) is 0 Å². The second kappa shape index (κ2) is 16.4. The van der Waals surface area contributed by atoms with Crippen LogP contribution in [0.4, 0.5) is 0 Å². The smallest absolute Gasteiger partial charge is 0.101 e. The molecule has 2 N–H and O–H groups in total. The summed E-state index contributed by atoms with van der Waals surface area (Å²) in [4.78, 5) is 6.81. The average Bonchev–Trinajstić information content (AvgIpc) is 3.10. The van der Waals surface area contributed by atoms with Crippen molar-refractivity contribution < 1.29 is 0 Å². The number of nitrogens with two attached hydrogens (primary N) is 1. The Morgan fingerprint density at radius 3 is 2.00 bits per heavy atom. The van der Waals surface area contributed by atoms with Crippen molar-refractivity contribution in [3.63, 3.8) is 0 Å². The molecule has 1 aliphatic rings. The first kappa shape index (κ1) is 23.2. The molecule has 0 aromatic rings. The highest BCUT2D eigenvalue weighted by atomic mass is 15.3. The van der Waals surface area contributed by atoms with E-state index in [2.05, 4.69) is 29.0 Å². The van der Waals surface area contributed by atoms with E-state index in [9.17, 15) is 0 Å². The Hall–Kier alpha value is -0.830. The lowest BCUT2D eigenvalue weighted by atomic mass is 10.0. The number of allylic oxidation sites excluding steroid dienone is 2. The molecule has 26 heavy (non-hydrogen) atoms. The maximum atomic E-state index is 5.98. The van der Waals surface area contributed by atoms with E-state index in [1.165, 1.54) is 89.3 Å². The number of rotatable bonds is 17. The topological polar surface area (TPSA) is 41.6 Å². The first-order valence-electron chi connectivity index (χ1n) is 11.5.